The van der Waals surface area contributed by atoms with Gasteiger partial charge in [-0.2, -0.15) is 0 Å². The van der Waals surface area contributed by atoms with E-state index in [0.29, 0.717) is 17.2 Å². The fourth-order valence-corrected chi connectivity index (χ4v) is 2.35. The second-order valence-electron chi connectivity index (χ2n) is 3.46. The molecule has 1 rings (SSSR count). The summed E-state index contributed by atoms with van der Waals surface area (Å²) < 4.78 is 0. The number of nitrogens with one attached hydrogen (secondary N) is 2. The quantitative estimate of drug-likeness (QED) is 0.605. The van der Waals surface area contributed by atoms with Crippen LogP contribution in [0.15, 0.2) is 17.5 Å². The Balaban J connectivity index is 2.08. The summed E-state index contributed by atoms with van der Waals surface area (Å²) in [7, 11) is 0. The van der Waals surface area contributed by atoms with E-state index in [1.807, 2.05) is 0 Å². The minimum absolute atomic E-state index is 0.0188. The van der Waals surface area contributed by atoms with Gasteiger partial charge < -0.3 is 15.7 Å². The third-order valence-electron chi connectivity index (χ3n) is 1.95. The van der Waals surface area contributed by atoms with E-state index in [0.717, 1.165) is 0 Å². The number of carbonyl (C=O) groups excluding carboxylic acids is 2. The molecule has 0 aliphatic carbocycles. The Labute approximate surface area is 118 Å². The highest BCUT2D eigenvalue weighted by atomic mass is 32.2. The van der Waals surface area contributed by atoms with Gasteiger partial charge in [0.05, 0.1) is 17.2 Å². The molecule has 0 aliphatic heterocycles. The van der Waals surface area contributed by atoms with Crippen LogP contribution in [0.25, 0.3) is 0 Å². The zero-order chi connectivity index (χ0) is 14.1. The van der Waals surface area contributed by atoms with Crippen LogP contribution in [0.3, 0.4) is 0 Å². The Morgan fingerprint density at radius 3 is 2.74 bits per heavy atom. The molecule has 0 aliphatic rings. The van der Waals surface area contributed by atoms with Crippen molar-refractivity contribution in [2.45, 2.75) is 0 Å². The molecule has 2 amide bonds. The zero-order valence-electron chi connectivity index (χ0n) is 10.0. The topological polar surface area (TPSA) is 95.5 Å². The average molecular weight is 302 g/mol. The van der Waals surface area contributed by atoms with Gasteiger partial charge in [0.25, 0.3) is 5.91 Å². The second-order valence-corrected chi connectivity index (χ2v) is 5.51. The van der Waals surface area contributed by atoms with Crippen LogP contribution in [0, 0.1) is 0 Å². The normalized spacial score (nSPS) is 9.89. The number of hydrogen-bond donors (Lipinski definition) is 3. The molecule has 0 aromatic carbocycles. The summed E-state index contributed by atoms with van der Waals surface area (Å²) in [6, 6.07) is 3.44. The first-order valence-corrected chi connectivity index (χ1v) is 7.51. The fraction of sp³-hybridized carbons (Fsp3) is 0.364. The molecular formula is C11H14N2O4S2. The summed E-state index contributed by atoms with van der Waals surface area (Å²) in [6.07, 6.45) is 0. The molecule has 8 heteroatoms. The number of carbonyl (C=O) groups is 3. The van der Waals surface area contributed by atoms with Gasteiger partial charge in [-0.05, 0) is 11.4 Å². The van der Waals surface area contributed by atoms with E-state index in [1.165, 1.54) is 23.1 Å². The fourth-order valence-electron chi connectivity index (χ4n) is 1.14. The molecule has 0 fully saturated rings. The van der Waals surface area contributed by atoms with Crippen LogP contribution in [0.2, 0.25) is 0 Å². The number of amides is 2. The highest BCUT2D eigenvalue weighted by Crippen LogP contribution is 2.07. The molecule has 19 heavy (non-hydrogen) atoms. The Morgan fingerprint density at radius 1 is 1.32 bits per heavy atom. The molecular weight excluding hydrogens is 288 g/mol. The van der Waals surface area contributed by atoms with Crippen molar-refractivity contribution in [1.82, 2.24) is 10.6 Å². The van der Waals surface area contributed by atoms with E-state index in [1.54, 1.807) is 17.5 Å². The first-order valence-electron chi connectivity index (χ1n) is 5.47. The third-order valence-corrected chi connectivity index (χ3v) is 3.76. The van der Waals surface area contributed by atoms with E-state index in [9.17, 15) is 14.4 Å². The molecule has 1 aromatic rings. The van der Waals surface area contributed by atoms with Gasteiger partial charge in [0.15, 0.2) is 0 Å². The summed E-state index contributed by atoms with van der Waals surface area (Å²) >= 11 is 2.53. The van der Waals surface area contributed by atoms with Gasteiger partial charge in [-0.1, -0.05) is 6.07 Å². The van der Waals surface area contributed by atoms with Crippen molar-refractivity contribution in [2.24, 2.45) is 0 Å². The van der Waals surface area contributed by atoms with Gasteiger partial charge >= 0.3 is 5.97 Å². The largest absolute Gasteiger partial charge is 0.481 e. The van der Waals surface area contributed by atoms with Crippen molar-refractivity contribution >= 4 is 40.9 Å². The Kier molecular flexibility index (Phi) is 6.98. The maximum Gasteiger partial charge on any atom is 0.313 e. The molecule has 3 N–H and O–H groups in total. The first kappa shape index (κ1) is 15.5. The number of rotatable bonds is 8. The smallest absolute Gasteiger partial charge is 0.313 e. The number of hydrogen-bond acceptors (Lipinski definition) is 5. The Hall–Kier alpha value is -1.54. The molecule has 0 unspecified atom stereocenters. The van der Waals surface area contributed by atoms with E-state index in [-0.39, 0.29) is 24.1 Å². The van der Waals surface area contributed by atoms with Gasteiger partial charge in [0, 0.05) is 12.3 Å². The molecule has 6 nitrogen and oxygen atoms in total. The van der Waals surface area contributed by atoms with Crippen LogP contribution in [-0.2, 0) is 9.59 Å². The molecule has 0 radical (unpaired) electrons. The minimum Gasteiger partial charge on any atom is -0.481 e. The molecule has 104 valence electrons. The summed E-state index contributed by atoms with van der Waals surface area (Å²) in [4.78, 5) is 33.7. The van der Waals surface area contributed by atoms with Crippen molar-refractivity contribution in [3.8, 4) is 0 Å². The van der Waals surface area contributed by atoms with Crippen LogP contribution in [0.4, 0.5) is 0 Å². The first-order chi connectivity index (χ1) is 9.09. The lowest BCUT2D eigenvalue weighted by atomic mass is 10.4. The summed E-state index contributed by atoms with van der Waals surface area (Å²) in [6.45, 7) is 0.298. The molecule has 0 bridgehead atoms. The average Bonchev–Trinajstić information content (AvgIpc) is 2.89. The van der Waals surface area contributed by atoms with E-state index < -0.39 is 5.97 Å². The van der Waals surface area contributed by atoms with Crippen LogP contribution in [0.1, 0.15) is 9.67 Å². The highest BCUT2D eigenvalue weighted by molar-refractivity contribution is 7.99. The molecule has 0 saturated carbocycles. The predicted octanol–water partition coefficient (Wildman–Crippen LogP) is 0.412. The lowest BCUT2D eigenvalue weighted by molar-refractivity contribution is -0.133. The van der Waals surface area contributed by atoms with Crippen LogP contribution in [-0.4, -0.2) is 47.5 Å². The predicted molar refractivity (Wildman–Crippen MR) is 74.6 cm³/mol. The molecule has 0 atom stereocenters. The standard InChI is InChI=1S/C11H14N2O4S2/c14-9(12-3-5-18-7-10(15)16)6-13-11(17)8-2-1-4-19-8/h1-2,4H,3,5-7H2,(H,12,14)(H,13,17)(H,15,16). The van der Waals surface area contributed by atoms with Crippen LogP contribution >= 0.6 is 23.1 Å². The van der Waals surface area contributed by atoms with Gasteiger partial charge in [-0.15, -0.1) is 23.1 Å². The monoisotopic (exact) mass is 302 g/mol. The van der Waals surface area contributed by atoms with Gasteiger partial charge in [-0.25, -0.2) is 0 Å². The SMILES string of the molecule is O=C(O)CSCCNC(=O)CNC(=O)c1cccs1. The third kappa shape index (κ3) is 6.82. The number of carboxylic acids is 1. The zero-order valence-corrected chi connectivity index (χ0v) is 11.7. The van der Waals surface area contributed by atoms with Crippen molar-refractivity contribution in [3.63, 3.8) is 0 Å². The van der Waals surface area contributed by atoms with Gasteiger partial charge in [0.1, 0.15) is 0 Å². The van der Waals surface area contributed by atoms with E-state index >= 15 is 0 Å². The Morgan fingerprint density at radius 2 is 2.11 bits per heavy atom. The molecule has 1 heterocycles. The minimum atomic E-state index is -0.875. The lowest BCUT2D eigenvalue weighted by Crippen LogP contribution is -2.37. The lowest BCUT2D eigenvalue weighted by Gasteiger charge is -2.05. The van der Waals surface area contributed by atoms with Gasteiger partial charge in [0.2, 0.25) is 5.91 Å². The summed E-state index contributed by atoms with van der Waals surface area (Å²) in [5.41, 5.74) is 0. The number of thiophene rings is 1. The van der Waals surface area contributed by atoms with Crippen molar-refractivity contribution in [1.29, 1.82) is 0 Å². The highest BCUT2D eigenvalue weighted by Gasteiger charge is 2.08. The number of thioether (sulfide) groups is 1. The summed E-state index contributed by atoms with van der Waals surface area (Å²) in [5, 5.41) is 15.3. The Bertz CT molecular complexity index is 434. The van der Waals surface area contributed by atoms with Crippen molar-refractivity contribution in [2.75, 3.05) is 24.6 Å². The maximum absolute atomic E-state index is 11.5. The molecule has 0 spiro atoms. The molecule has 1 aromatic heterocycles. The molecule has 0 saturated heterocycles. The second kappa shape index (κ2) is 8.54. The summed E-state index contributed by atoms with van der Waals surface area (Å²) in [5.74, 6) is -0.896. The number of aliphatic carboxylic acids is 1. The maximum atomic E-state index is 11.5. The van der Waals surface area contributed by atoms with Crippen LogP contribution < -0.4 is 10.6 Å². The van der Waals surface area contributed by atoms with Crippen molar-refractivity contribution < 1.29 is 19.5 Å². The van der Waals surface area contributed by atoms with Crippen LogP contribution in [0.5, 0.6) is 0 Å². The van der Waals surface area contributed by atoms with Gasteiger partial charge in [-0.3, -0.25) is 14.4 Å². The van der Waals surface area contributed by atoms with E-state index in [4.69, 9.17) is 5.11 Å². The van der Waals surface area contributed by atoms with Crippen molar-refractivity contribution in [3.05, 3.63) is 22.4 Å². The number of carboxylic acid groups (broad SMARTS) is 1. The van der Waals surface area contributed by atoms with E-state index in [2.05, 4.69) is 10.6 Å².